The van der Waals surface area contributed by atoms with Crippen molar-refractivity contribution < 1.29 is 4.79 Å². The van der Waals surface area contributed by atoms with Gasteiger partial charge in [0.15, 0.2) is 0 Å². The van der Waals surface area contributed by atoms with Crippen LogP contribution in [0.4, 0.5) is 0 Å². The summed E-state index contributed by atoms with van der Waals surface area (Å²) in [6.45, 7) is 5.80. The Balaban J connectivity index is 2.02. The van der Waals surface area contributed by atoms with Gasteiger partial charge in [-0.25, -0.2) is 0 Å². The second-order valence-corrected chi connectivity index (χ2v) is 6.64. The minimum absolute atomic E-state index is 0.0269. The summed E-state index contributed by atoms with van der Waals surface area (Å²) < 4.78 is 0.763. The molecule has 0 aromatic carbocycles. The van der Waals surface area contributed by atoms with E-state index in [1.54, 1.807) is 0 Å². The van der Waals surface area contributed by atoms with Gasteiger partial charge in [0.2, 0.25) is 5.91 Å². The third kappa shape index (κ3) is 2.71. The zero-order valence-electron chi connectivity index (χ0n) is 10.8. The summed E-state index contributed by atoms with van der Waals surface area (Å²) in [6.07, 6.45) is 1.80. The van der Waals surface area contributed by atoms with Crippen molar-refractivity contribution in [1.82, 2.24) is 10.6 Å². The molecule has 3 nitrogen and oxygen atoms in total. The number of rotatable bonds is 4. The van der Waals surface area contributed by atoms with Crippen molar-refractivity contribution in [3.8, 4) is 0 Å². The van der Waals surface area contributed by atoms with E-state index in [4.69, 9.17) is 11.6 Å². The Morgan fingerprint density at radius 3 is 2.94 bits per heavy atom. The van der Waals surface area contributed by atoms with Gasteiger partial charge >= 0.3 is 0 Å². The molecular weight excluding hydrogens is 268 g/mol. The van der Waals surface area contributed by atoms with Crippen LogP contribution in [-0.2, 0) is 4.79 Å². The highest BCUT2D eigenvalue weighted by Crippen LogP contribution is 2.32. The molecular formula is C13H19ClN2OS. The van der Waals surface area contributed by atoms with E-state index in [0.29, 0.717) is 0 Å². The molecule has 0 radical (unpaired) electrons. The van der Waals surface area contributed by atoms with E-state index in [1.807, 2.05) is 19.1 Å². The number of halogens is 1. The number of nitrogens with one attached hydrogen (secondary N) is 2. The zero-order valence-corrected chi connectivity index (χ0v) is 12.3. The predicted octanol–water partition coefficient (Wildman–Crippen LogP) is 2.97. The van der Waals surface area contributed by atoms with E-state index in [0.717, 1.165) is 35.1 Å². The van der Waals surface area contributed by atoms with Gasteiger partial charge in [-0.1, -0.05) is 18.5 Å². The van der Waals surface area contributed by atoms with Crippen molar-refractivity contribution >= 4 is 28.8 Å². The molecule has 0 aliphatic carbocycles. The van der Waals surface area contributed by atoms with Crippen molar-refractivity contribution in [2.45, 2.75) is 32.7 Å². The number of amides is 1. The summed E-state index contributed by atoms with van der Waals surface area (Å²) >= 11 is 7.44. The molecule has 1 aromatic heterocycles. The fraction of sp³-hybridized carbons (Fsp3) is 0.615. The largest absolute Gasteiger partial charge is 0.348 e. The van der Waals surface area contributed by atoms with Gasteiger partial charge in [0.25, 0.3) is 0 Å². The Labute approximate surface area is 117 Å². The van der Waals surface area contributed by atoms with Gasteiger partial charge in [0.1, 0.15) is 0 Å². The lowest BCUT2D eigenvalue weighted by Crippen LogP contribution is -2.43. The topological polar surface area (TPSA) is 41.1 Å². The molecule has 18 heavy (non-hydrogen) atoms. The lowest BCUT2D eigenvalue weighted by molar-refractivity contribution is -0.131. The van der Waals surface area contributed by atoms with Gasteiger partial charge in [-0.3, -0.25) is 4.79 Å². The lowest BCUT2D eigenvalue weighted by Gasteiger charge is -2.27. The van der Waals surface area contributed by atoms with Gasteiger partial charge in [-0.15, -0.1) is 11.3 Å². The minimum Gasteiger partial charge on any atom is -0.348 e. The highest BCUT2D eigenvalue weighted by molar-refractivity contribution is 7.16. The van der Waals surface area contributed by atoms with Gasteiger partial charge in [0, 0.05) is 11.4 Å². The molecule has 1 saturated heterocycles. The van der Waals surface area contributed by atoms with Crippen LogP contribution in [0.15, 0.2) is 12.1 Å². The van der Waals surface area contributed by atoms with Crippen molar-refractivity contribution in [2.24, 2.45) is 5.41 Å². The number of carbonyl (C=O) groups excluding carboxylic acids is 1. The quantitative estimate of drug-likeness (QED) is 0.893. The molecule has 1 amide bonds. The second kappa shape index (κ2) is 5.59. The van der Waals surface area contributed by atoms with E-state index in [2.05, 4.69) is 17.6 Å². The maximum absolute atomic E-state index is 12.4. The summed E-state index contributed by atoms with van der Waals surface area (Å²) in [5, 5.41) is 6.40. The third-order valence-corrected chi connectivity index (χ3v) is 5.18. The minimum atomic E-state index is -0.227. The molecule has 1 aliphatic rings. The van der Waals surface area contributed by atoms with Gasteiger partial charge in [-0.05, 0) is 38.4 Å². The van der Waals surface area contributed by atoms with E-state index < -0.39 is 0 Å². The maximum atomic E-state index is 12.4. The highest BCUT2D eigenvalue weighted by Gasteiger charge is 2.39. The SMILES string of the molecule is CCC1(C(=O)NC(C)c2ccc(Cl)s2)CCNC1. The fourth-order valence-corrected chi connectivity index (χ4v) is 3.45. The van der Waals surface area contributed by atoms with Crippen LogP contribution in [0.5, 0.6) is 0 Å². The summed E-state index contributed by atoms with van der Waals surface area (Å²) in [5.41, 5.74) is -0.227. The van der Waals surface area contributed by atoms with Crippen LogP contribution < -0.4 is 10.6 Å². The van der Waals surface area contributed by atoms with E-state index >= 15 is 0 Å². The maximum Gasteiger partial charge on any atom is 0.228 e. The van der Waals surface area contributed by atoms with Crippen molar-refractivity contribution in [2.75, 3.05) is 13.1 Å². The Morgan fingerprint density at radius 2 is 2.44 bits per heavy atom. The fourth-order valence-electron chi connectivity index (χ4n) is 2.38. The molecule has 2 atom stereocenters. The zero-order chi connectivity index (χ0) is 13.2. The number of thiophene rings is 1. The smallest absolute Gasteiger partial charge is 0.228 e. The summed E-state index contributed by atoms with van der Waals surface area (Å²) in [5.74, 6) is 0.159. The monoisotopic (exact) mass is 286 g/mol. The van der Waals surface area contributed by atoms with Crippen LogP contribution in [0.25, 0.3) is 0 Å². The molecule has 2 heterocycles. The molecule has 2 N–H and O–H groups in total. The summed E-state index contributed by atoms with van der Waals surface area (Å²) in [7, 11) is 0. The molecule has 1 fully saturated rings. The standard InChI is InChI=1S/C13H19ClN2OS/c1-3-13(6-7-15-8-13)12(17)16-9(2)10-4-5-11(14)18-10/h4-5,9,15H,3,6-8H2,1-2H3,(H,16,17). The van der Waals surface area contributed by atoms with Crippen molar-refractivity contribution in [1.29, 1.82) is 0 Å². The molecule has 0 spiro atoms. The van der Waals surface area contributed by atoms with Crippen molar-refractivity contribution in [3.63, 3.8) is 0 Å². The van der Waals surface area contributed by atoms with E-state index in [1.165, 1.54) is 11.3 Å². The summed E-state index contributed by atoms with van der Waals surface area (Å²) in [4.78, 5) is 13.5. The first-order valence-electron chi connectivity index (χ1n) is 6.34. The number of carbonyl (C=O) groups is 1. The second-order valence-electron chi connectivity index (χ2n) is 4.90. The van der Waals surface area contributed by atoms with Crippen LogP contribution in [0, 0.1) is 5.41 Å². The third-order valence-electron chi connectivity index (χ3n) is 3.77. The van der Waals surface area contributed by atoms with Crippen LogP contribution in [0.3, 0.4) is 0 Å². The number of hydrogen-bond donors (Lipinski definition) is 2. The molecule has 1 aliphatic heterocycles. The predicted molar refractivity (Wildman–Crippen MR) is 76.1 cm³/mol. The Bertz CT molecular complexity index is 426. The average molecular weight is 287 g/mol. The molecule has 0 saturated carbocycles. The van der Waals surface area contributed by atoms with Gasteiger partial charge in [0.05, 0.1) is 15.8 Å². The first-order valence-corrected chi connectivity index (χ1v) is 7.54. The van der Waals surface area contributed by atoms with Crippen LogP contribution in [0.2, 0.25) is 4.34 Å². The molecule has 1 aromatic rings. The molecule has 5 heteroatoms. The molecule has 100 valence electrons. The Hall–Kier alpha value is -0.580. The molecule has 2 unspecified atom stereocenters. The van der Waals surface area contributed by atoms with Crippen molar-refractivity contribution in [3.05, 3.63) is 21.3 Å². The molecule has 0 bridgehead atoms. The summed E-state index contributed by atoms with van der Waals surface area (Å²) in [6, 6.07) is 3.87. The van der Waals surface area contributed by atoms with Crippen LogP contribution >= 0.6 is 22.9 Å². The van der Waals surface area contributed by atoms with Gasteiger partial charge < -0.3 is 10.6 Å². The van der Waals surface area contributed by atoms with Gasteiger partial charge in [-0.2, -0.15) is 0 Å². The molecule has 2 rings (SSSR count). The van der Waals surface area contributed by atoms with E-state index in [-0.39, 0.29) is 17.4 Å². The Kier molecular flexibility index (Phi) is 4.30. The Morgan fingerprint density at radius 1 is 1.67 bits per heavy atom. The first kappa shape index (κ1) is 13.8. The normalized spacial score (nSPS) is 25.1. The van der Waals surface area contributed by atoms with Crippen LogP contribution in [-0.4, -0.2) is 19.0 Å². The average Bonchev–Trinajstić information content (AvgIpc) is 2.97. The number of hydrogen-bond acceptors (Lipinski definition) is 3. The highest BCUT2D eigenvalue weighted by atomic mass is 35.5. The lowest BCUT2D eigenvalue weighted by atomic mass is 9.83. The van der Waals surface area contributed by atoms with E-state index in [9.17, 15) is 4.79 Å². The first-order chi connectivity index (χ1) is 8.57. The van der Waals surface area contributed by atoms with Crippen LogP contribution in [0.1, 0.15) is 37.6 Å².